The molecule has 3 aromatic rings. The average molecular weight is 615 g/mol. The van der Waals surface area contributed by atoms with Gasteiger partial charge in [-0.25, -0.2) is 9.59 Å². The molecule has 0 bridgehead atoms. The van der Waals surface area contributed by atoms with E-state index < -0.39 is 46.5 Å². The number of carboxylic acids is 2. The molecule has 2 atom stereocenters. The second-order valence-corrected chi connectivity index (χ2v) is 12.0. The zero-order valence-electron chi connectivity index (χ0n) is 21.8. The Kier molecular flexibility index (Phi) is 7.05. The third kappa shape index (κ3) is 4.83. The summed E-state index contributed by atoms with van der Waals surface area (Å²) in [5, 5.41) is 32.0. The molecule has 0 aromatic carbocycles. The van der Waals surface area contributed by atoms with Crippen molar-refractivity contribution >= 4 is 68.7 Å². The molecule has 2 aliphatic heterocycles. The number of amides is 2. The van der Waals surface area contributed by atoms with E-state index in [0.717, 1.165) is 10.1 Å². The average Bonchev–Trinajstić information content (AvgIpc) is 3.73. The van der Waals surface area contributed by atoms with Crippen molar-refractivity contribution in [3.63, 3.8) is 0 Å². The molecule has 3 aromatic heterocycles. The molecule has 0 radical (unpaired) electrons. The summed E-state index contributed by atoms with van der Waals surface area (Å²) in [7, 11) is 0. The van der Waals surface area contributed by atoms with Crippen LogP contribution in [-0.4, -0.2) is 77.5 Å². The van der Waals surface area contributed by atoms with E-state index in [0.29, 0.717) is 24.2 Å². The standard InChI is InChI=1S/C25H23N7O8S2/c26-24-28-18(30-39-24)15(29-40-25(23(37)38)5-1-2-6-25)19(33)27-16-20(34)32-17(22(35)36)13(11-42-21(16)32)9-31-7-3-12-4-8-41-14(12)10-31/h3-4,7-8,10,16,21H,1-2,5-6,9,11H2,(H4-,26,27,28,30,33,35,36,37,38)/p+1/t16?,21-/m1/s1. The summed E-state index contributed by atoms with van der Waals surface area (Å²) in [6.45, 7) is 0.273. The highest BCUT2D eigenvalue weighted by atomic mass is 32.2. The molecule has 0 spiro atoms. The van der Waals surface area contributed by atoms with Gasteiger partial charge in [0.15, 0.2) is 18.9 Å². The predicted octanol–water partition coefficient (Wildman–Crippen LogP) is 0.711. The number of pyridine rings is 1. The first-order valence-electron chi connectivity index (χ1n) is 12.8. The molecule has 1 saturated carbocycles. The third-order valence-electron chi connectivity index (χ3n) is 7.35. The van der Waals surface area contributed by atoms with E-state index >= 15 is 0 Å². The van der Waals surface area contributed by atoms with Gasteiger partial charge in [-0.05, 0) is 24.3 Å². The van der Waals surface area contributed by atoms with Crippen molar-refractivity contribution in [1.82, 2.24) is 20.4 Å². The Morgan fingerprint density at radius 2 is 2.07 bits per heavy atom. The summed E-state index contributed by atoms with van der Waals surface area (Å²) in [6.07, 6.45) is 5.37. The smallest absolute Gasteiger partial charge is 0.352 e. The monoisotopic (exact) mass is 614 g/mol. The van der Waals surface area contributed by atoms with Gasteiger partial charge in [-0.15, -0.1) is 23.1 Å². The molecule has 42 heavy (non-hydrogen) atoms. The number of nitrogens with one attached hydrogen (secondary N) is 1. The van der Waals surface area contributed by atoms with E-state index in [1.165, 1.54) is 16.7 Å². The molecule has 218 valence electrons. The van der Waals surface area contributed by atoms with E-state index in [1.54, 1.807) is 11.3 Å². The third-order valence-corrected chi connectivity index (χ3v) is 9.55. The zero-order valence-corrected chi connectivity index (χ0v) is 23.4. The number of nitrogens with zero attached hydrogens (tertiary/aromatic N) is 5. The first kappa shape index (κ1) is 27.6. The van der Waals surface area contributed by atoms with Crippen molar-refractivity contribution in [3.8, 4) is 0 Å². The van der Waals surface area contributed by atoms with Crippen LogP contribution in [0.25, 0.3) is 10.1 Å². The van der Waals surface area contributed by atoms with Crippen LogP contribution < -0.4 is 15.6 Å². The fraction of sp³-hybridized carbons (Fsp3) is 0.360. The van der Waals surface area contributed by atoms with Crippen molar-refractivity contribution in [2.45, 2.75) is 49.2 Å². The highest BCUT2D eigenvalue weighted by molar-refractivity contribution is 8.00. The number of fused-ring (bicyclic) bond motifs is 2. The Labute approximate surface area is 245 Å². The lowest BCUT2D eigenvalue weighted by atomic mass is 10.0. The minimum Gasteiger partial charge on any atom is -0.478 e. The number of oxime groups is 1. The molecule has 1 saturated heterocycles. The van der Waals surface area contributed by atoms with Crippen LogP contribution in [-0.2, 0) is 30.6 Å². The van der Waals surface area contributed by atoms with Gasteiger partial charge in [-0.1, -0.05) is 10.3 Å². The summed E-state index contributed by atoms with van der Waals surface area (Å²) in [4.78, 5) is 61.1. The van der Waals surface area contributed by atoms with E-state index in [2.05, 4.69) is 20.6 Å². The minimum atomic E-state index is -1.62. The van der Waals surface area contributed by atoms with Crippen LogP contribution in [0.15, 0.2) is 50.9 Å². The Morgan fingerprint density at radius 3 is 2.76 bits per heavy atom. The van der Waals surface area contributed by atoms with Gasteiger partial charge in [0, 0.05) is 35.6 Å². The molecule has 5 N–H and O–H groups in total. The highest BCUT2D eigenvalue weighted by Gasteiger charge is 2.55. The number of anilines is 1. The maximum atomic E-state index is 13.3. The minimum absolute atomic E-state index is 0.124. The zero-order chi connectivity index (χ0) is 29.6. The second kappa shape index (κ2) is 10.7. The fourth-order valence-corrected chi connectivity index (χ4v) is 7.38. The van der Waals surface area contributed by atoms with Gasteiger partial charge in [-0.2, -0.15) is 9.55 Å². The Morgan fingerprint density at radius 1 is 1.29 bits per heavy atom. The number of hydrogen-bond donors (Lipinski definition) is 4. The van der Waals surface area contributed by atoms with Crippen LogP contribution in [0.2, 0.25) is 0 Å². The van der Waals surface area contributed by atoms with Gasteiger partial charge in [-0.3, -0.25) is 14.5 Å². The molecular formula is C25H24N7O8S2+. The summed E-state index contributed by atoms with van der Waals surface area (Å²) >= 11 is 2.88. The normalized spacial score (nSPS) is 21.7. The van der Waals surface area contributed by atoms with Crippen LogP contribution in [0.4, 0.5) is 6.01 Å². The lowest BCUT2D eigenvalue weighted by molar-refractivity contribution is -0.687. The number of carbonyl (C=O) groups excluding carboxylic acids is 2. The number of hydrogen-bond acceptors (Lipinski definition) is 12. The van der Waals surface area contributed by atoms with Crippen LogP contribution in [0.1, 0.15) is 31.5 Å². The van der Waals surface area contributed by atoms with E-state index in [1.807, 2.05) is 34.5 Å². The number of thiophene rings is 1. The molecule has 1 unspecified atom stereocenters. The largest absolute Gasteiger partial charge is 0.478 e. The molecule has 3 aliphatic rings. The van der Waals surface area contributed by atoms with Gasteiger partial charge < -0.3 is 30.6 Å². The Bertz CT molecular complexity index is 1680. The molecule has 2 amide bonds. The fourth-order valence-electron chi connectivity index (χ4n) is 5.21. The first-order chi connectivity index (χ1) is 20.2. The molecular weight excluding hydrogens is 590 g/mol. The number of rotatable bonds is 9. The van der Waals surface area contributed by atoms with Crippen molar-refractivity contribution in [2.24, 2.45) is 5.16 Å². The topological polar surface area (TPSA) is 214 Å². The number of nitrogens with two attached hydrogens (primary N) is 1. The highest BCUT2D eigenvalue weighted by Crippen LogP contribution is 2.40. The molecule has 1 aliphatic carbocycles. The van der Waals surface area contributed by atoms with Crippen LogP contribution in [0.3, 0.4) is 0 Å². The second-order valence-electron chi connectivity index (χ2n) is 9.97. The summed E-state index contributed by atoms with van der Waals surface area (Å²) in [6, 6.07) is 2.47. The van der Waals surface area contributed by atoms with Crippen LogP contribution in [0, 0.1) is 0 Å². The van der Waals surface area contributed by atoms with Gasteiger partial charge in [0.1, 0.15) is 17.1 Å². The van der Waals surface area contributed by atoms with Crippen LogP contribution >= 0.6 is 23.1 Å². The lowest BCUT2D eigenvalue weighted by Gasteiger charge is -2.49. The van der Waals surface area contributed by atoms with E-state index in [-0.39, 0.29) is 36.9 Å². The maximum absolute atomic E-state index is 13.3. The van der Waals surface area contributed by atoms with Gasteiger partial charge >= 0.3 is 18.0 Å². The van der Waals surface area contributed by atoms with Crippen LogP contribution in [0.5, 0.6) is 0 Å². The van der Waals surface area contributed by atoms with Gasteiger partial charge in [0.05, 0.1) is 4.70 Å². The lowest BCUT2D eigenvalue weighted by Crippen LogP contribution is -2.71. The SMILES string of the molecule is Nc1nc(C(=NOC2(C(=O)O)CCCC2)C(=O)NC2C(=O)N3C(C(=O)O)=C(C[n+]4ccc5ccsc5c4)CS[C@H]23)no1. The predicted molar refractivity (Wildman–Crippen MR) is 147 cm³/mol. The molecule has 6 rings (SSSR count). The maximum Gasteiger partial charge on any atom is 0.352 e. The number of aromatic nitrogens is 3. The summed E-state index contributed by atoms with van der Waals surface area (Å²) < 4.78 is 7.66. The summed E-state index contributed by atoms with van der Waals surface area (Å²) in [5.74, 6) is -4.10. The number of nitrogen functional groups attached to an aromatic ring is 1. The first-order valence-corrected chi connectivity index (χ1v) is 14.8. The molecule has 17 heteroatoms. The van der Waals surface area contributed by atoms with E-state index in [4.69, 9.17) is 15.1 Å². The number of β-lactam (4-membered cyclic amide) rings is 1. The van der Waals surface area contributed by atoms with E-state index in [9.17, 15) is 29.4 Å². The molecule has 2 fully saturated rings. The number of aliphatic carboxylic acids is 2. The number of thioether (sulfide) groups is 1. The van der Waals surface area contributed by atoms with Crippen molar-refractivity contribution in [3.05, 3.63) is 47.0 Å². The van der Waals surface area contributed by atoms with Gasteiger partial charge in [0.25, 0.3) is 11.8 Å². The molecule has 15 nitrogen and oxygen atoms in total. The van der Waals surface area contributed by atoms with Crippen molar-refractivity contribution in [2.75, 3.05) is 11.5 Å². The molecule has 5 heterocycles. The van der Waals surface area contributed by atoms with Crippen molar-refractivity contribution < 1.29 is 43.3 Å². The summed E-state index contributed by atoms with van der Waals surface area (Å²) in [5.41, 5.74) is 3.78. The van der Waals surface area contributed by atoms with Gasteiger partial charge in [0.2, 0.25) is 17.1 Å². The number of carbonyl (C=O) groups is 4. The number of carboxylic acid groups (broad SMARTS) is 2. The quantitative estimate of drug-likeness (QED) is 0.113. The Balaban J connectivity index is 1.22. The van der Waals surface area contributed by atoms with Crippen molar-refractivity contribution in [1.29, 1.82) is 0 Å². The Hall–Kier alpha value is -4.51.